The van der Waals surface area contributed by atoms with Crippen molar-refractivity contribution >= 4 is 5.91 Å². The van der Waals surface area contributed by atoms with Crippen LogP contribution in [0.5, 0.6) is 0 Å². The van der Waals surface area contributed by atoms with E-state index in [-0.39, 0.29) is 11.3 Å². The van der Waals surface area contributed by atoms with E-state index in [2.05, 4.69) is 11.4 Å². The van der Waals surface area contributed by atoms with E-state index in [4.69, 9.17) is 6.57 Å². The molecule has 0 aromatic heterocycles. The third kappa shape index (κ3) is 1.92. The summed E-state index contributed by atoms with van der Waals surface area (Å²) in [5, 5.41) is 0. The first-order chi connectivity index (χ1) is 6.91. The van der Waals surface area contributed by atoms with E-state index in [0.717, 1.165) is 11.1 Å². The zero-order chi connectivity index (χ0) is 11.6. The Morgan fingerprint density at radius 3 is 2.67 bits per heavy atom. The van der Waals surface area contributed by atoms with Crippen molar-refractivity contribution in [2.45, 2.75) is 20.8 Å². The molecule has 15 heavy (non-hydrogen) atoms. The minimum atomic E-state index is -0.400. The van der Waals surface area contributed by atoms with E-state index in [1.165, 1.54) is 0 Å². The predicted octanol–water partition coefficient (Wildman–Crippen LogP) is 3.15. The molecule has 0 spiro atoms. The summed E-state index contributed by atoms with van der Waals surface area (Å²) in [6.07, 6.45) is 5.60. The normalized spacial score (nSPS) is 22.8. The summed E-state index contributed by atoms with van der Waals surface area (Å²) in [5.74, 6) is -0.755. The van der Waals surface area contributed by atoms with Gasteiger partial charge in [-0.1, -0.05) is 44.2 Å². The van der Waals surface area contributed by atoms with Gasteiger partial charge in [-0.3, -0.25) is 0 Å². The second-order valence-corrected chi connectivity index (χ2v) is 4.39. The van der Waals surface area contributed by atoms with Crippen LogP contribution in [0.2, 0.25) is 0 Å². The molecule has 2 heteroatoms. The van der Waals surface area contributed by atoms with E-state index < -0.39 is 5.91 Å². The van der Waals surface area contributed by atoms with Gasteiger partial charge in [-0.05, 0) is 17.9 Å². The minimum Gasteiger partial charge on any atom is -0.314 e. The van der Waals surface area contributed by atoms with E-state index in [1.54, 1.807) is 6.08 Å². The molecule has 0 bridgehead atoms. The van der Waals surface area contributed by atoms with Crippen molar-refractivity contribution in [2.24, 2.45) is 11.3 Å². The maximum Gasteiger partial charge on any atom is 0.363 e. The largest absolute Gasteiger partial charge is 0.363 e. The van der Waals surface area contributed by atoms with Crippen LogP contribution in [0.15, 0.2) is 36.0 Å². The number of amides is 1. The Hall–Kier alpha value is -1.62. The van der Waals surface area contributed by atoms with Crippen molar-refractivity contribution in [3.8, 4) is 0 Å². The predicted molar refractivity (Wildman–Crippen MR) is 60.9 cm³/mol. The molecule has 1 rings (SSSR count). The van der Waals surface area contributed by atoms with Gasteiger partial charge in [-0.25, -0.2) is 0 Å². The Morgan fingerprint density at radius 1 is 1.60 bits per heavy atom. The van der Waals surface area contributed by atoms with Crippen LogP contribution in [-0.2, 0) is 4.79 Å². The fourth-order valence-corrected chi connectivity index (χ4v) is 2.04. The SMILES string of the molecule is [C-]#[N+]C(=O)C1C=CC=C(C(=C)C)C1(C)C. The van der Waals surface area contributed by atoms with Crippen molar-refractivity contribution in [3.63, 3.8) is 0 Å². The van der Waals surface area contributed by atoms with Crippen molar-refractivity contribution in [1.29, 1.82) is 0 Å². The third-order valence-electron chi connectivity index (χ3n) is 2.87. The van der Waals surface area contributed by atoms with Crippen LogP contribution in [0.1, 0.15) is 20.8 Å². The average Bonchev–Trinajstić information content (AvgIpc) is 2.15. The average molecular weight is 201 g/mol. The number of hydrogen-bond acceptors (Lipinski definition) is 1. The summed E-state index contributed by atoms with van der Waals surface area (Å²) >= 11 is 0. The molecule has 1 aliphatic carbocycles. The van der Waals surface area contributed by atoms with Crippen LogP contribution < -0.4 is 0 Å². The summed E-state index contributed by atoms with van der Waals surface area (Å²) in [5.41, 5.74) is 1.67. The second kappa shape index (κ2) is 3.86. The fourth-order valence-electron chi connectivity index (χ4n) is 2.04. The first-order valence-corrected chi connectivity index (χ1v) is 4.87. The van der Waals surface area contributed by atoms with E-state index in [9.17, 15) is 4.79 Å². The van der Waals surface area contributed by atoms with Crippen LogP contribution in [0, 0.1) is 17.9 Å². The Morgan fingerprint density at radius 2 is 2.20 bits per heavy atom. The molecule has 0 saturated carbocycles. The van der Waals surface area contributed by atoms with E-state index in [0.29, 0.717) is 0 Å². The number of hydrogen-bond donors (Lipinski definition) is 0. The third-order valence-corrected chi connectivity index (χ3v) is 2.87. The summed E-state index contributed by atoms with van der Waals surface area (Å²) in [7, 11) is 0. The van der Waals surface area contributed by atoms with Gasteiger partial charge in [0.1, 0.15) is 0 Å². The molecule has 1 aliphatic rings. The lowest BCUT2D eigenvalue weighted by Crippen LogP contribution is -2.32. The zero-order valence-corrected chi connectivity index (χ0v) is 9.37. The monoisotopic (exact) mass is 201 g/mol. The lowest BCUT2D eigenvalue weighted by molar-refractivity contribution is -0.119. The van der Waals surface area contributed by atoms with Gasteiger partial charge in [0.15, 0.2) is 0 Å². The molecule has 0 N–H and O–H groups in total. The van der Waals surface area contributed by atoms with Crippen molar-refractivity contribution in [2.75, 3.05) is 0 Å². The quantitative estimate of drug-likeness (QED) is 0.629. The number of carbonyl (C=O) groups excluding carboxylic acids is 1. The molecule has 0 saturated heterocycles. The highest BCUT2D eigenvalue weighted by molar-refractivity contribution is 5.90. The van der Waals surface area contributed by atoms with Gasteiger partial charge in [0.05, 0.1) is 12.5 Å². The molecular weight excluding hydrogens is 186 g/mol. The molecule has 0 aliphatic heterocycles. The van der Waals surface area contributed by atoms with Crippen molar-refractivity contribution < 1.29 is 4.79 Å². The molecule has 0 aromatic carbocycles. The molecule has 1 unspecified atom stereocenters. The molecule has 2 nitrogen and oxygen atoms in total. The van der Waals surface area contributed by atoms with E-state index >= 15 is 0 Å². The lowest BCUT2D eigenvalue weighted by atomic mass is 9.68. The van der Waals surface area contributed by atoms with Crippen LogP contribution in [0.4, 0.5) is 0 Å². The first kappa shape index (κ1) is 11.5. The topological polar surface area (TPSA) is 21.4 Å². The number of carbonyl (C=O) groups is 1. The second-order valence-electron chi connectivity index (χ2n) is 4.39. The molecule has 0 heterocycles. The number of rotatable bonds is 2. The van der Waals surface area contributed by atoms with E-state index in [1.807, 2.05) is 32.9 Å². The van der Waals surface area contributed by atoms with Gasteiger partial charge in [-0.15, -0.1) is 0 Å². The summed E-state index contributed by atoms with van der Waals surface area (Å²) < 4.78 is 0. The van der Waals surface area contributed by atoms with Crippen molar-refractivity contribution in [1.82, 2.24) is 0 Å². The smallest absolute Gasteiger partial charge is 0.314 e. The van der Waals surface area contributed by atoms with Gasteiger partial charge in [0, 0.05) is 0 Å². The van der Waals surface area contributed by atoms with Gasteiger partial charge >= 0.3 is 5.91 Å². The molecule has 1 atom stereocenters. The Bertz CT molecular complexity index is 405. The summed E-state index contributed by atoms with van der Waals surface area (Å²) in [6, 6.07) is 0. The summed E-state index contributed by atoms with van der Waals surface area (Å²) in [6.45, 7) is 16.6. The highest BCUT2D eigenvalue weighted by Crippen LogP contribution is 2.42. The zero-order valence-electron chi connectivity index (χ0n) is 9.37. The maximum atomic E-state index is 11.5. The lowest BCUT2D eigenvalue weighted by Gasteiger charge is -2.35. The van der Waals surface area contributed by atoms with Gasteiger partial charge < -0.3 is 4.79 Å². The van der Waals surface area contributed by atoms with Crippen LogP contribution in [0.3, 0.4) is 0 Å². The number of nitrogens with zero attached hydrogens (tertiary/aromatic N) is 1. The van der Waals surface area contributed by atoms with Crippen LogP contribution in [0.25, 0.3) is 4.85 Å². The van der Waals surface area contributed by atoms with Gasteiger partial charge in [0.25, 0.3) is 0 Å². The highest BCUT2D eigenvalue weighted by Gasteiger charge is 2.38. The first-order valence-electron chi connectivity index (χ1n) is 4.87. The number of allylic oxidation sites excluding steroid dienone is 4. The highest BCUT2D eigenvalue weighted by atomic mass is 16.1. The molecular formula is C13H15NO. The fraction of sp³-hybridized carbons (Fsp3) is 0.385. The minimum absolute atomic E-state index is 0.331. The molecule has 0 radical (unpaired) electrons. The molecule has 0 fully saturated rings. The van der Waals surface area contributed by atoms with Crippen molar-refractivity contribution in [3.05, 3.63) is 47.4 Å². The van der Waals surface area contributed by atoms with Gasteiger partial charge in [0.2, 0.25) is 0 Å². The Balaban J connectivity index is 3.16. The van der Waals surface area contributed by atoms with Crippen LogP contribution >= 0.6 is 0 Å². The van der Waals surface area contributed by atoms with Crippen LogP contribution in [-0.4, -0.2) is 5.91 Å². The maximum absolute atomic E-state index is 11.5. The molecule has 0 aromatic rings. The molecule has 78 valence electrons. The Labute approximate surface area is 90.8 Å². The van der Waals surface area contributed by atoms with Gasteiger partial charge in [-0.2, -0.15) is 4.85 Å². The Kier molecular flexibility index (Phi) is 2.95. The summed E-state index contributed by atoms with van der Waals surface area (Å²) in [4.78, 5) is 14.5. The molecule has 1 amide bonds. The standard InChI is InChI=1S/C13H15NO/c1-9(2)10-7-6-8-11(12(15)14-5)13(10,3)4/h6-8,11H,1H2,2-4H3.